The summed E-state index contributed by atoms with van der Waals surface area (Å²) < 4.78 is 0. The number of nitrogens with zero attached hydrogens (tertiary/aromatic N) is 1. The zero-order valence-corrected chi connectivity index (χ0v) is 17.3. The number of hydrogen-bond donors (Lipinski definition) is 2. The van der Waals surface area contributed by atoms with Crippen LogP contribution >= 0.6 is 24.8 Å². The highest BCUT2D eigenvalue weighted by molar-refractivity contribution is 5.85. The Bertz CT molecular complexity index is 544. The minimum atomic E-state index is 0. The van der Waals surface area contributed by atoms with Crippen LogP contribution in [-0.4, -0.2) is 37.0 Å². The van der Waals surface area contributed by atoms with Crippen LogP contribution in [0.3, 0.4) is 0 Å². The molecule has 6 heteroatoms. The molecule has 0 aromatic heterocycles. The number of halogens is 2. The summed E-state index contributed by atoms with van der Waals surface area (Å²) in [5.41, 5.74) is 2.59. The SMILES string of the molecule is CC1CCN(Cc2ccccc2CNC(=O)CNCC2CC2)CC1.Cl.Cl. The molecular weight excluding hydrogens is 369 g/mol. The highest BCUT2D eigenvalue weighted by atomic mass is 35.5. The first-order chi connectivity index (χ1) is 11.7. The molecule has 1 saturated carbocycles. The summed E-state index contributed by atoms with van der Waals surface area (Å²) in [6.07, 6.45) is 5.23. The Morgan fingerprint density at radius 3 is 2.38 bits per heavy atom. The number of nitrogens with one attached hydrogen (secondary N) is 2. The number of piperidine rings is 1. The van der Waals surface area contributed by atoms with Gasteiger partial charge in [-0.2, -0.15) is 0 Å². The lowest BCUT2D eigenvalue weighted by Gasteiger charge is -2.30. The second-order valence-electron chi connectivity index (χ2n) is 7.58. The van der Waals surface area contributed by atoms with Crippen LogP contribution in [0.1, 0.15) is 43.7 Å². The van der Waals surface area contributed by atoms with Gasteiger partial charge in [0.15, 0.2) is 0 Å². The van der Waals surface area contributed by atoms with Crippen LogP contribution in [-0.2, 0) is 17.9 Å². The molecule has 0 atom stereocenters. The number of amides is 1. The Morgan fingerprint density at radius 2 is 1.73 bits per heavy atom. The number of hydrogen-bond acceptors (Lipinski definition) is 3. The van der Waals surface area contributed by atoms with Gasteiger partial charge in [-0.25, -0.2) is 0 Å². The van der Waals surface area contributed by atoms with Gasteiger partial charge in [0.25, 0.3) is 0 Å². The van der Waals surface area contributed by atoms with Crippen molar-refractivity contribution in [3.05, 3.63) is 35.4 Å². The second kappa shape index (κ2) is 11.8. The van der Waals surface area contributed by atoms with E-state index in [0.29, 0.717) is 13.1 Å². The Hall–Kier alpha value is -0.810. The zero-order chi connectivity index (χ0) is 16.8. The lowest BCUT2D eigenvalue weighted by molar-refractivity contribution is -0.120. The molecule has 1 aromatic carbocycles. The molecule has 3 rings (SSSR count). The maximum atomic E-state index is 12.0. The number of rotatable bonds is 8. The lowest BCUT2D eigenvalue weighted by atomic mass is 9.98. The van der Waals surface area contributed by atoms with Crippen molar-refractivity contribution in [2.75, 3.05) is 26.2 Å². The van der Waals surface area contributed by atoms with Gasteiger partial charge in [0.2, 0.25) is 5.91 Å². The third-order valence-electron chi connectivity index (χ3n) is 5.28. The lowest BCUT2D eigenvalue weighted by Crippen LogP contribution is -2.35. The van der Waals surface area contributed by atoms with E-state index in [1.807, 2.05) is 0 Å². The topological polar surface area (TPSA) is 44.4 Å². The summed E-state index contributed by atoms with van der Waals surface area (Å²) in [5.74, 6) is 1.77. The normalized spacial score (nSPS) is 17.9. The molecule has 1 aliphatic heterocycles. The third kappa shape index (κ3) is 7.83. The van der Waals surface area contributed by atoms with Crippen LogP contribution in [0.15, 0.2) is 24.3 Å². The van der Waals surface area contributed by atoms with Gasteiger partial charge in [-0.1, -0.05) is 31.2 Å². The smallest absolute Gasteiger partial charge is 0.234 e. The van der Waals surface area contributed by atoms with E-state index in [2.05, 4.69) is 46.7 Å². The molecule has 0 spiro atoms. The Balaban J connectivity index is 0.00000169. The predicted octanol–water partition coefficient (Wildman–Crippen LogP) is 3.38. The molecule has 2 fully saturated rings. The Labute approximate surface area is 170 Å². The van der Waals surface area contributed by atoms with Gasteiger partial charge >= 0.3 is 0 Å². The van der Waals surface area contributed by atoms with Gasteiger partial charge in [0.05, 0.1) is 6.54 Å². The quantitative estimate of drug-likeness (QED) is 0.701. The largest absolute Gasteiger partial charge is 0.351 e. The molecule has 1 heterocycles. The third-order valence-corrected chi connectivity index (χ3v) is 5.28. The van der Waals surface area contributed by atoms with Crippen molar-refractivity contribution in [1.82, 2.24) is 15.5 Å². The monoisotopic (exact) mass is 401 g/mol. The molecule has 148 valence electrons. The summed E-state index contributed by atoms with van der Waals surface area (Å²) in [4.78, 5) is 14.5. The summed E-state index contributed by atoms with van der Waals surface area (Å²) in [5, 5.41) is 6.31. The maximum absolute atomic E-state index is 12.0. The first-order valence-corrected chi connectivity index (χ1v) is 9.47. The van der Waals surface area contributed by atoms with Crippen LogP contribution in [0.5, 0.6) is 0 Å². The van der Waals surface area contributed by atoms with Crippen LogP contribution in [0, 0.1) is 11.8 Å². The molecular formula is C20H33Cl2N3O. The van der Waals surface area contributed by atoms with Gasteiger partial charge in [0.1, 0.15) is 0 Å². The standard InChI is InChI=1S/C20H31N3O.2ClH/c1-16-8-10-23(11-9-16)15-19-5-3-2-4-18(19)13-22-20(24)14-21-12-17-6-7-17;;/h2-5,16-17,21H,6-15H2,1H3,(H,22,24);2*1H. The molecule has 2 N–H and O–H groups in total. The van der Waals surface area contributed by atoms with E-state index in [9.17, 15) is 4.79 Å². The van der Waals surface area contributed by atoms with Crippen LogP contribution in [0.4, 0.5) is 0 Å². The number of carbonyl (C=O) groups excluding carboxylic acids is 1. The molecule has 1 aromatic rings. The van der Waals surface area contributed by atoms with Gasteiger partial charge in [0, 0.05) is 13.1 Å². The summed E-state index contributed by atoms with van der Waals surface area (Å²) >= 11 is 0. The van der Waals surface area contributed by atoms with Crippen LogP contribution < -0.4 is 10.6 Å². The van der Waals surface area contributed by atoms with E-state index in [-0.39, 0.29) is 30.7 Å². The van der Waals surface area contributed by atoms with E-state index >= 15 is 0 Å². The predicted molar refractivity (Wildman–Crippen MR) is 112 cm³/mol. The van der Waals surface area contributed by atoms with Crippen molar-refractivity contribution >= 4 is 30.7 Å². The van der Waals surface area contributed by atoms with Crippen molar-refractivity contribution < 1.29 is 4.79 Å². The first-order valence-electron chi connectivity index (χ1n) is 9.47. The highest BCUT2D eigenvalue weighted by Crippen LogP contribution is 2.27. The summed E-state index contributed by atoms with van der Waals surface area (Å²) in [6, 6.07) is 8.50. The van der Waals surface area contributed by atoms with Crippen molar-refractivity contribution in [3.8, 4) is 0 Å². The van der Waals surface area contributed by atoms with Crippen molar-refractivity contribution in [3.63, 3.8) is 0 Å². The summed E-state index contributed by atoms with van der Waals surface area (Å²) in [6.45, 7) is 7.76. The highest BCUT2D eigenvalue weighted by Gasteiger charge is 2.20. The first kappa shape index (κ1) is 23.2. The van der Waals surface area contributed by atoms with E-state index in [0.717, 1.165) is 24.9 Å². The van der Waals surface area contributed by atoms with Crippen molar-refractivity contribution in [1.29, 1.82) is 0 Å². The minimum Gasteiger partial charge on any atom is -0.351 e. The van der Waals surface area contributed by atoms with Gasteiger partial charge < -0.3 is 10.6 Å². The molecule has 1 amide bonds. The fourth-order valence-corrected chi connectivity index (χ4v) is 3.31. The van der Waals surface area contributed by atoms with E-state index in [4.69, 9.17) is 0 Å². The van der Waals surface area contributed by atoms with Crippen molar-refractivity contribution in [2.45, 2.75) is 45.7 Å². The molecule has 0 unspecified atom stereocenters. The van der Waals surface area contributed by atoms with E-state index in [1.165, 1.54) is 49.9 Å². The number of carbonyl (C=O) groups is 1. The van der Waals surface area contributed by atoms with Crippen LogP contribution in [0.2, 0.25) is 0 Å². The van der Waals surface area contributed by atoms with Gasteiger partial charge in [-0.05, 0) is 68.3 Å². The maximum Gasteiger partial charge on any atom is 0.234 e. The molecule has 0 bridgehead atoms. The van der Waals surface area contributed by atoms with Gasteiger partial charge in [-0.3, -0.25) is 9.69 Å². The Morgan fingerprint density at radius 1 is 1.08 bits per heavy atom. The molecule has 0 radical (unpaired) electrons. The molecule has 1 aliphatic carbocycles. The van der Waals surface area contributed by atoms with Crippen molar-refractivity contribution in [2.24, 2.45) is 11.8 Å². The number of likely N-dealkylation sites (tertiary alicyclic amines) is 1. The summed E-state index contributed by atoms with van der Waals surface area (Å²) in [7, 11) is 0. The zero-order valence-electron chi connectivity index (χ0n) is 15.7. The fraction of sp³-hybridized carbons (Fsp3) is 0.650. The second-order valence-corrected chi connectivity index (χ2v) is 7.58. The molecule has 4 nitrogen and oxygen atoms in total. The van der Waals surface area contributed by atoms with E-state index in [1.54, 1.807) is 0 Å². The Kier molecular flexibility index (Phi) is 10.6. The molecule has 26 heavy (non-hydrogen) atoms. The average Bonchev–Trinajstić information content (AvgIpc) is 3.40. The number of benzene rings is 1. The van der Waals surface area contributed by atoms with Crippen LogP contribution in [0.25, 0.3) is 0 Å². The van der Waals surface area contributed by atoms with Gasteiger partial charge in [-0.15, -0.1) is 24.8 Å². The fourth-order valence-electron chi connectivity index (χ4n) is 3.31. The minimum absolute atomic E-state index is 0. The molecule has 1 saturated heterocycles. The van der Waals surface area contributed by atoms with E-state index < -0.39 is 0 Å². The molecule has 2 aliphatic rings. The average molecular weight is 402 g/mol.